The molecule has 5 heteroatoms. The number of ether oxygens (including phenoxy) is 1. The lowest BCUT2D eigenvalue weighted by molar-refractivity contribution is 0.0353. The van der Waals surface area contributed by atoms with Crippen molar-refractivity contribution in [2.24, 2.45) is 5.73 Å². The predicted molar refractivity (Wildman–Crippen MR) is 79.9 cm³/mol. The molecule has 108 valence electrons. The van der Waals surface area contributed by atoms with Gasteiger partial charge in [-0.1, -0.05) is 30.3 Å². The second-order valence-corrected chi connectivity index (χ2v) is 4.48. The fourth-order valence-electron chi connectivity index (χ4n) is 1.81. The summed E-state index contributed by atoms with van der Waals surface area (Å²) in [5.74, 6) is -0.998. The van der Waals surface area contributed by atoms with Gasteiger partial charge < -0.3 is 10.1 Å². The molecular formula is C16H16N2O3. The normalized spacial score (nSPS) is 11.5. The van der Waals surface area contributed by atoms with Crippen LogP contribution >= 0.6 is 0 Å². The monoisotopic (exact) mass is 284 g/mol. The van der Waals surface area contributed by atoms with E-state index in [1.54, 1.807) is 37.3 Å². The summed E-state index contributed by atoms with van der Waals surface area (Å²) in [6, 6.07) is 15.4. The molecule has 3 N–H and O–H groups in total. The van der Waals surface area contributed by atoms with Crippen LogP contribution in [0.25, 0.3) is 0 Å². The minimum Gasteiger partial charge on any atom is -0.443 e. The number of amides is 1. The summed E-state index contributed by atoms with van der Waals surface area (Å²) in [6.07, 6.45) is -0.734. The van der Waals surface area contributed by atoms with Crippen LogP contribution in [0.5, 0.6) is 0 Å². The Morgan fingerprint density at radius 3 is 2.19 bits per heavy atom. The van der Waals surface area contributed by atoms with Crippen molar-refractivity contribution >= 4 is 17.6 Å². The summed E-state index contributed by atoms with van der Waals surface area (Å²) in [7, 11) is 0. The Kier molecular flexibility index (Phi) is 4.68. The molecule has 0 bridgehead atoms. The fraction of sp³-hybridized carbons (Fsp3) is 0.125. The largest absolute Gasteiger partial charge is 0.443 e. The molecule has 0 saturated carbocycles. The van der Waals surface area contributed by atoms with Gasteiger partial charge in [-0.05, 0) is 31.2 Å². The molecule has 2 rings (SSSR count). The zero-order chi connectivity index (χ0) is 15.2. The Hall–Kier alpha value is -2.66. The number of para-hydroxylation sites is 1. The number of hydrogen-bond acceptors (Lipinski definition) is 4. The second kappa shape index (κ2) is 6.67. The quantitative estimate of drug-likeness (QED) is 0.667. The molecule has 0 heterocycles. The summed E-state index contributed by atoms with van der Waals surface area (Å²) in [5, 5.41) is 2.73. The smallest absolute Gasteiger partial charge is 0.340 e. The molecule has 1 atom stereocenters. The molecule has 0 aliphatic carbocycles. The third-order valence-electron chi connectivity index (χ3n) is 2.72. The van der Waals surface area contributed by atoms with Gasteiger partial charge in [0.2, 0.25) is 0 Å². The van der Waals surface area contributed by atoms with Crippen molar-refractivity contribution in [2.45, 2.75) is 13.2 Å². The van der Waals surface area contributed by atoms with Crippen molar-refractivity contribution in [2.75, 3.05) is 5.32 Å². The molecule has 0 spiro atoms. The summed E-state index contributed by atoms with van der Waals surface area (Å²) < 4.78 is 4.94. The first kappa shape index (κ1) is 14.7. The van der Waals surface area contributed by atoms with Crippen LogP contribution in [0.3, 0.4) is 0 Å². The number of esters is 1. The molecule has 0 fully saturated rings. The topological polar surface area (TPSA) is 81.4 Å². The number of nitrogens with one attached hydrogen (secondary N) is 1. The van der Waals surface area contributed by atoms with E-state index in [0.29, 0.717) is 5.69 Å². The lowest BCUT2D eigenvalue weighted by Gasteiger charge is -2.11. The van der Waals surface area contributed by atoms with Gasteiger partial charge in [0, 0.05) is 5.69 Å². The van der Waals surface area contributed by atoms with E-state index in [4.69, 9.17) is 10.5 Å². The number of hydrogen-bond donors (Lipinski definition) is 2. The van der Waals surface area contributed by atoms with E-state index in [1.807, 2.05) is 18.2 Å². The summed E-state index contributed by atoms with van der Waals surface area (Å²) in [5.41, 5.74) is 6.51. The van der Waals surface area contributed by atoms with E-state index < -0.39 is 12.2 Å². The van der Waals surface area contributed by atoms with Gasteiger partial charge >= 0.3 is 5.97 Å². The SMILES string of the molecule is CC(N)OC(=O)c1ccccc1C(=O)Nc1ccccc1. The van der Waals surface area contributed by atoms with Gasteiger partial charge in [-0.25, -0.2) is 4.79 Å². The van der Waals surface area contributed by atoms with E-state index in [1.165, 1.54) is 6.07 Å². The van der Waals surface area contributed by atoms with Crippen LogP contribution in [0, 0.1) is 0 Å². The van der Waals surface area contributed by atoms with Gasteiger partial charge in [0.1, 0.15) is 6.23 Å². The number of rotatable bonds is 4. The highest BCUT2D eigenvalue weighted by atomic mass is 16.6. The minimum atomic E-state index is -0.734. The van der Waals surface area contributed by atoms with E-state index in [9.17, 15) is 9.59 Å². The lowest BCUT2D eigenvalue weighted by atomic mass is 10.1. The van der Waals surface area contributed by atoms with Crippen LogP contribution in [0.15, 0.2) is 54.6 Å². The highest BCUT2D eigenvalue weighted by Crippen LogP contribution is 2.14. The predicted octanol–water partition coefficient (Wildman–Crippen LogP) is 2.40. The molecule has 2 aromatic rings. The molecule has 5 nitrogen and oxygen atoms in total. The third kappa shape index (κ3) is 3.90. The lowest BCUT2D eigenvalue weighted by Crippen LogP contribution is -2.25. The standard InChI is InChI=1S/C16H16N2O3/c1-11(17)21-16(20)14-10-6-5-9-13(14)15(19)18-12-7-3-2-4-8-12/h2-11H,17H2,1H3,(H,18,19). The Morgan fingerprint density at radius 1 is 1.00 bits per heavy atom. The van der Waals surface area contributed by atoms with Crippen LogP contribution in [-0.2, 0) is 4.74 Å². The number of nitrogens with two attached hydrogens (primary N) is 1. The number of anilines is 1. The first-order chi connectivity index (χ1) is 10.1. The maximum absolute atomic E-state index is 12.3. The maximum Gasteiger partial charge on any atom is 0.340 e. The van der Waals surface area contributed by atoms with E-state index in [0.717, 1.165) is 0 Å². The molecular weight excluding hydrogens is 268 g/mol. The zero-order valence-corrected chi connectivity index (χ0v) is 11.6. The van der Waals surface area contributed by atoms with Gasteiger partial charge in [0.15, 0.2) is 0 Å². The van der Waals surface area contributed by atoms with Crippen molar-refractivity contribution in [1.29, 1.82) is 0 Å². The van der Waals surface area contributed by atoms with Crippen molar-refractivity contribution in [3.8, 4) is 0 Å². The highest BCUT2D eigenvalue weighted by Gasteiger charge is 2.18. The summed E-state index contributed by atoms with van der Waals surface area (Å²) in [6.45, 7) is 1.55. The van der Waals surface area contributed by atoms with Crippen molar-refractivity contribution in [1.82, 2.24) is 0 Å². The average molecular weight is 284 g/mol. The molecule has 0 aromatic heterocycles. The van der Waals surface area contributed by atoms with Crippen LogP contribution in [0.2, 0.25) is 0 Å². The zero-order valence-electron chi connectivity index (χ0n) is 11.6. The Balaban J connectivity index is 2.23. The first-order valence-electron chi connectivity index (χ1n) is 6.50. The number of benzene rings is 2. The van der Waals surface area contributed by atoms with E-state index in [-0.39, 0.29) is 17.0 Å². The molecule has 0 aliphatic heterocycles. The van der Waals surface area contributed by atoms with Gasteiger partial charge in [-0.3, -0.25) is 10.5 Å². The van der Waals surface area contributed by atoms with Gasteiger partial charge in [0.05, 0.1) is 11.1 Å². The maximum atomic E-state index is 12.3. The first-order valence-corrected chi connectivity index (χ1v) is 6.50. The Labute approximate surface area is 122 Å². The van der Waals surface area contributed by atoms with E-state index >= 15 is 0 Å². The summed E-state index contributed by atoms with van der Waals surface area (Å²) in [4.78, 5) is 24.2. The van der Waals surface area contributed by atoms with Gasteiger partial charge in [-0.15, -0.1) is 0 Å². The van der Waals surface area contributed by atoms with Crippen LogP contribution < -0.4 is 11.1 Å². The molecule has 0 radical (unpaired) electrons. The fourth-order valence-corrected chi connectivity index (χ4v) is 1.81. The second-order valence-electron chi connectivity index (χ2n) is 4.48. The van der Waals surface area contributed by atoms with Crippen molar-refractivity contribution in [3.05, 3.63) is 65.7 Å². The van der Waals surface area contributed by atoms with Crippen LogP contribution in [-0.4, -0.2) is 18.1 Å². The molecule has 1 amide bonds. The van der Waals surface area contributed by atoms with Gasteiger partial charge in [0.25, 0.3) is 5.91 Å². The van der Waals surface area contributed by atoms with Crippen molar-refractivity contribution < 1.29 is 14.3 Å². The number of carbonyl (C=O) groups excluding carboxylic acids is 2. The van der Waals surface area contributed by atoms with E-state index in [2.05, 4.69) is 5.32 Å². The van der Waals surface area contributed by atoms with Gasteiger partial charge in [-0.2, -0.15) is 0 Å². The Morgan fingerprint density at radius 2 is 1.57 bits per heavy atom. The highest BCUT2D eigenvalue weighted by molar-refractivity contribution is 6.11. The van der Waals surface area contributed by atoms with Crippen LogP contribution in [0.4, 0.5) is 5.69 Å². The molecule has 21 heavy (non-hydrogen) atoms. The van der Waals surface area contributed by atoms with Crippen LogP contribution in [0.1, 0.15) is 27.6 Å². The minimum absolute atomic E-state index is 0.184. The molecule has 0 saturated heterocycles. The molecule has 2 aromatic carbocycles. The van der Waals surface area contributed by atoms with Crippen molar-refractivity contribution in [3.63, 3.8) is 0 Å². The average Bonchev–Trinajstić information content (AvgIpc) is 2.47. The summed E-state index contributed by atoms with van der Waals surface area (Å²) >= 11 is 0. The third-order valence-corrected chi connectivity index (χ3v) is 2.72. The Bertz CT molecular complexity index is 639. The molecule has 1 unspecified atom stereocenters. The number of carbonyl (C=O) groups is 2. The molecule has 0 aliphatic rings.